The minimum atomic E-state index is -3.46. The van der Waals surface area contributed by atoms with E-state index in [1.165, 1.54) is 10.5 Å². The molecule has 0 unspecified atom stereocenters. The van der Waals surface area contributed by atoms with E-state index in [9.17, 15) is 8.42 Å². The Balaban J connectivity index is 2.08. The molecule has 0 amide bonds. The zero-order valence-corrected chi connectivity index (χ0v) is 16.4. The molecule has 0 spiro atoms. The molecule has 26 heavy (non-hydrogen) atoms. The third-order valence-corrected chi connectivity index (χ3v) is 6.10. The third-order valence-electron chi connectivity index (χ3n) is 4.06. The first-order valence-electron chi connectivity index (χ1n) is 8.42. The average Bonchev–Trinajstić information content (AvgIpc) is 2.67. The fourth-order valence-corrected chi connectivity index (χ4v) is 4.01. The highest BCUT2D eigenvalue weighted by molar-refractivity contribution is 7.89. The molecule has 1 heterocycles. The largest absolute Gasteiger partial charge is 0.493 e. The summed E-state index contributed by atoms with van der Waals surface area (Å²) in [4.78, 5) is 3.24. The van der Waals surface area contributed by atoms with Crippen LogP contribution in [-0.2, 0) is 16.6 Å². The van der Waals surface area contributed by atoms with E-state index < -0.39 is 10.0 Å². The minimum absolute atomic E-state index is 0.248. The van der Waals surface area contributed by atoms with Gasteiger partial charge in [-0.15, -0.1) is 0 Å². The van der Waals surface area contributed by atoms with Crippen LogP contribution in [0.2, 0.25) is 0 Å². The topological polar surface area (TPSA) is 82.0 Å². The van der Waals surface area contributed by atoms with Gasteiger partial charge in [-0.2, -0.15) is 4.31 Å². The van der Waals surface area contributed by atoms with Crippen molar-refractivity contribution in [2.45, 2.75) is 25.3 Å². The zero-order valence-electron chi connectivity index (χ0n) is 15.6. The Labute approximate surface area is 155 Å². The van der Waals surface area contributed by atoms with Gasteiger partial charge in [-0.05, 0) is 23.8 Å². The number of H-pyrrole nitrogens is 1. The quantitative estimate of drug-likeness (QED) is 0.721. The second kappa shape index (κ2) is 8.86. The lowest BCUT2D eigenvalue weighted by Crippen LogP contribution is -2.31. The summed E-state index contributed by atoms with van der Waals surface area (Å²) in [6.07, 6.45) is 1.50. The molecular weight excluding hydrogens is 354 g/mol. The van der Waals surface area contributed by atoms with Gasteiger partial charge in [0.1, 0.15) is 17.6 Å². The van der Waals surface area contributed by atoms with Crippen LogP contribution >= 0.6 is 0 Å². The molecule has 2 rings (SSSR count). The van der Waals surface area contributed by atoms with Gasteiger partial charge in [0.05, 0.1) is 14.2 Å². The van der Waals surface area contributed by atoms with E-state index in [-0.39, 0.29) is 4.90 Å². The molecular formula is C18H26N3O4S+. The van der Waals surface area contributed by atoms with Gasteiger partial charge in [-0.1, -0.05) is 19.9 Å². The van der Waals surface area contributed by atoms with Crippen molar-refractivity contribution < 1.29 is 22.9 Å². The fourth-order valence-electron chi connectivity index (χ4n) is 2.58. The number of sulfonamides is 1. The van der Waals surface area contributed by atoms with Crippen LogP contribution in [0, 0.1) is 0 Å². The fraction of sp³-hybridized carbons (Fsp3) is 0.389. The van der Waals surface area contributed by atoms with Gasteiger partial charge >= 0.3 is 0 Å². The second-order valence-corrected chi connectivity index (χ2v) is 7.51. The first kappa shape index (κ1) is 20.0. The van der Waals surface area contributed by atoms with Gasteiger partial charge in [-0.25, -0.2) is 13.4 Å². The lowest BCUT2D eigenvalue weighted by atomic mass is 10.2. The van der Waals surface area contributed by atoms with Crippen LogP contribution in [0.3, 0.4) is 0 Å². The number of nitrogens with one attached hydrogen (secondary N) is 2. The summed E-state index contributed by atoms with van der Waals surface area (Å²) in [5, 5.41) is 3.23. The molecule has 1 aromatic heterocycles. The SMILES string of the molecule is CCN(CC)S(=O)(=O)c1ccc(NCc2ccc(OC)c(OC)c2)[nH+]c1. The first-order chi connectivity index (χ1) is 12.5. The van der Waals surface area contributed by atoms with Crippen LogP contribution < -0.4 is 19.8 Å². The monoisotopic (exact) mass is 380 g/mol. The highest BCUT2D eigenvalue weighted by Crippen LogP contribution is 2.27. The number of aromatic nitrogens is 1. The number of methoxy groups -OCH3 is 2. The number of anilines is 1. The Morgan fingerprint density at radius 3 is 2.27 bits per heavy atom. The molecule has 0 bridgehead atoms. The molecule has 0 fully saturated rings. The van der Waals surface area contributed by atoms with Gasteiger partial charge in [0.25, 0.3) is 5.82 Å². The summed E-state index contributed by atoms with van der Waals surface area (Å²) < 4.78 is 36.9. The number of pyridine rings is 1. The Morgan fingerprint density at radius 1 is 1.04 bits per heavy atom. The van der Waals surface area contributed by atoms with Crippen LogP contribution in [-0.4, -0.2) is 40.0 Å². The molecule has 0 atom stereocenters. The normalized spacial score (nSPS) is 11.4. The number of hydrogen-bond donors (Lipinski definition) is 1. The number of aromatic amines is 1. The summed E-state index contributed by atoms with van der Waals surface area (Å²) in [5.74, 6) is 2.06. The summed E-state index contributed by atoms with van der Waals surface area (Å²) in [5.41, 5.74) is 1.01. The average molecular weight is 380 g/mol. The Morgan fingerprint density at radius 2 is 1.73 bits per heavy atom. The summed E-state index contributed by atoms with van der Waals surface area (Å²) >= 11 is 0. The molecule has 2 N–H and O–H groups in total. The Hall–Kier alpha value is -2.32. The molecule has 142 valence electrons. The van der Waals surface area contributed by atoms with E-state index in [1.807, 2.05) is 32.0 Å². The van der Waals surface area contributed by atoms with Crippen LogP contribution in [0.15, 0.2) is 41.4 Å². The number of rotatable bonds is 9. The van der Waals surface area contributed by atoms with Crippen LogP contribution in [0.4, 0.5) is 5.82 Å². The molecule has 0 aliphatic heterocycles. The van der Waals surface area contributed by atoms with Crippen molar-refractivity contribution in [1.82, 2.24) is 4.31 Å². The maximum atomic E-state index is 12.5. The van der Waals surface area contributed by atoms with E-state index in [0.717, 1.165) is 11.4 Å². The Kier molecular flexibility index (Phi) is 6.82. The van der Waals surface area contributed by atoms with Crippen LogP contribution in [0.5, 0.6) is 11.5 Å². The molecule has 0 saturated heterocycles. The van der Waals surface area contributed by atoms with Gasteiger partial charge in [0.15, 0.2) is 11.5 Å². The molecule has 1 aromatic carbocycles. The molecule has 8 heteroatoms. The maximum Gasteiger partial charge on any atom is 0.272 e. The number of nitrogens with zero attached hydrogens (tertiary/aromatic N) is 1. The summed E-state index contributed by atoms with van der Waals surface area (Å²) in [6.45, 7) is 5.09. The van der Waals surface area contributed by atoms with Gasteiger partial charge in [0, 0.05) is 19.2 Å². The second-order valence-electron chi connectivity index (χ2n) is 5.57. The predicted molar refractivity (Wildman–Crippen MR) is 100.0 cm³/mol. The summed E-state index contributed by atoms with van der Waals surface area (Å²) in [7, 11) is -0.267. The third kappa shape index (κ3) is 4.44. The zero-order chi connectivity index (χ0) is 19.2. The molecule has 0 aliphatic rings. The van der Waals surface area contributed by atoms with E-state index in [0.29, 0.717) is 31.1 Å². The van der Waals surface area contributed by atoms with E-state index >= 15 is 0 Å². The van der Waals surface area contributed by atoms with Crippen molar-refractivity contribution >= 4 is 15.8 Å². The highest BCUT2D eigenvalue weighted by atomic mass is 32.2. The van der Waals surface area contributed by atoms with Crippen molar-refractivity contribution in [2.24, 2.45) is 0 Å². The maximum absolute atomic E-state index is 12.5. The smallest absolute Gasteiger partial charge is 0.272 e. The van der Waals surface area contributed by atoms with E-state index in [1.54, 1.807) is 26.4 Å². The van der Waals surface area contributed by atoms with Crippen LogP contribution in [0.25, 0.3) is 0 Å². The van der Waals surface area contributed by atoms with Gasteiger partial charge in [0.2, 0.25) is 10.0 Å². The lowest BCUT2D eigenvalue weighted by molar-refractivity contribution is -0.364. The van der Waals surface area contributed by atoms with Crippen molar-refractivity contribution in [1.29, 1.82) is 0 Å². The predicted octanol–water partition coefficient (Wildman–Crippen LogP) is 2.16. The minimum Gasteiger partial charge on any atom is -0.493 e. The molecule has 0 saturated carbocycles. The van der Waals surface area contributed by atoms with Gasteiger partial charge in [-0.3, -0.25) is 5.32 Å². The number of hydrogen-bond acceptors (Lipinski definition) is 5. The molecule has 2 aromatic rings. The molecule has 7 nitrogen and oxygen atoms in total. The van der Waals surface area contributed by atoms with E-state index in [2.05, 4.69) is 10.3 Å². The lowest BCUT2D eigenvalue weighted by Gasteiger charge is -2.17. The van der Waals surface area contributed by atoms with E-state index in [4.69, 9.17) is 9.47 Å². The van der Waals surface area contributed by atoms with Crippen molar-refractivity contribution in [2.75, 3.05) is 32.6 Å². The van der Waals surface area contributed by atoms with Crippen molar-refractivity contribution in [3.8, 4) is 11.5 Å². The highest BCUT2D eigenvalue weighted by Gasteiger charge is 2.22. The first-order valence-corrected chi connectivity index (χ1v) is 9.86. The number of ether oxygens (including phenoxy) is 2. The number of benzene rings is 1. The van der Waals surface area contributed by atoms with Crippen LogP contribution in [0.1, 0.15) is 19.4 Å². The van der Waals surface area contributed by atoms with Crippen molar-refractivity contribution in [3.05, 3.63) is 42.1 Å². The van der Waals surface area contributed by atoms with Gasteiger partial charge < -0.3 is 9.47 Å². The standard InChI is InChI=1S/C18H25N3O4S/c1-5-21(6-2)26(22,23)15-8-10-18(20-13-15)19-12-14-7-9-16(24-3)17(11-14)25-4/h7-11,13H,5-6,12H2,1-4H3,(H,19,20)/p+1. The van der Waals surface area contributed by atoms with Crippen molar-refractivity contribution in [3.63, 3.8) is 0 Å². The molecule has 0 radical (unpaired) electrons. The molecule has 0 aliphatic carbocycles. The Bertz CT molecular complexity index is 819. The summed E-state index contributed by atoms with van der Waals surface area (Å²) in [6, 6.07) is 9.00.